The van der Waals surface area contributed by atoms with Crippen molar-refractivity contribution in [2.24, 2.45) is 0 Å². The summed E-state index contributed by atoms with van der Waals surface area (Å²) in [6.45, 7) is 0. The maximum Gasteiger partial charge on any atom is 0.230 e. The first kappa shape index (κ1) is 21.7. The standard InChI is InChI=1S/C21H21ClN2O5S/c1-26-16-6-5-13(10-14(16)22)15-11-30-21(23-15)24-19(25)9-12-7-17(27-2)20(29-4)18(8-12)28-3/h5-8,10-11H,9H2,1-4H3,(H,23,24,25). The monoisotopic (exact) mass is 448 g/mol. The molecule has 158 valence electrons. The Morgan fingerprint density at radius 1 is 1.00 bits per heavy atom. The molecule has 9 heteroatoms. The number of amides is 1. The highest BCUT2D eigenvalue weighted by Gasteiger charge is 2.16. The van der Waals surface area contributed by atoms with Gasteiger partial charge in [0.1, 0.15) is 5.75 Å². The summed E-state index contributed by atoms with van der Waals surface area (Å²) in [7, 11) is 6.15. The van der Waals surface area contributed by atoms with Crippen LogP contribution in [0.1, 0.15) is 5.56 Å². The molecule has 0 bridgehead atoms. The maximum atomic E-state index is 12.5. The number of carbonyl (C=O) groups is 1. The fraction of sp³-hybridized carbons (Fsp3) is 0.238. The smallest absolute Gasteiger partial charge is 0.230 e. The lowest BCUT2D eigenvalue weighted by Crippen LogP contribution is -2.14. The van der Waals surface area contributed by atoms with Gasteiger partial charge in [-0.05, 0) is 35.9 Å². The van der Waals surface area contributed by atoms with E-state index in [1.807, 2.05) is 11.4 Å². The van der Waals surface area contributed by atoms with Crippen LogP contribution in [0.25, 0.3) is 11.3 Å². The molecule has 0 fully saturated rings. The van der Waals surface area contributed by atoms with Crippen molar-refractivity contribution in [3.8, 4) is 34.3 Å². The largest absolute Gasteiger partial charge is 0.495 e. The number of ether oxygens (including phenoxy) is 4. The van der Waals surface area contributed by atoms with E-state index >= 15 is 0 Å². The van der Waals surface area contributed by atoms with Crippen molar-refractivity contribution in [3.63, 3.8) is 0 Å². The van der Waals surface area contributed by atoms with Crippen molar-refractivity contribution in [1.29, 1.82) is 0 Å². The highest BCUT2D eigenvalue weighted by molar-refractivity contribution is 7.14. The van der Waals surface area contributed by atoms with E-state index < -0.39 is 0 Å². The molecule has 1 N–H and O–H groups in total. The van der Waals surface area contributed by atoms with Gasteiger partial charge in [0.2, 0.25) is 11.7 Å². The minimum absolute atomic E-state index is 0.125. The Bertz CT molecular complexity index is 1030. The number of thiazole rings is 1. The maximum absolute atomic E-state index is 12.5. The zero-order chi connectivity index (χ0) is 21.7. The first-order chi connectivity index (χ1) is 14.5. The molecule has 7 nitrogen and oxygen atoms in total. The van der Waals surface area contributed by atoms with Gasteiger partial charge >= 0.3 is 0 Å². The number of anilines is 1. The predicted octanol–water partition coefficient (Wildman–Crippen LogP) is 4.68. The van der Waals surface area contributed by atoms with E-state index in [4.69, 9.17) is 30.5 Å². The van der Waals surface area contributed by atoms with Crippen LogP contribution in [0.2, 0.25) is 5.02 Å². The molecule has 1 heterocycles. The number of rotatable bonds is 8. The number of carbonyl (C=O) groups excluding carboxylic acids is 1. The molecule has 0 aliphatic rings. The van der Waals surface area contributed by atoms with Gasteiger partial charge in [0, 0.05) is 10.9 Å². The third kappa shape index (κ3) is 4.77. The van der Waals surface area contributed by atoms with E-state index in [9.17, 15) is 4.79 Å². The molecule has 0 aliphatic heterocycles. The van der Waals surface area contributed by atoms with Gasteiger partial charge in [-0.2, -0.15) is 0 Å². The Morgan fingerprint density at radius 3 is 2.23 bits per heavy atom. The average Bonchev–Trinajstić information content (AvgIpc) is 3.21. The zero-order valence-corrected chi connectivity index (χ0v) is 18.5. The van der Waals surface area contributed by atoms with Crippen molar-refractivity contribution in [3.05, 3.63) is 46.3 Å². The van der Waals surface area contributed by atoms with Gasteiger partial charge in [-0.25, -0.2) is 4.98 Å². The van der Waals surface area contributed by atoms with Crippen molar-refractivity contribution in [2.45, 2.75) is 6.42 Å². The number of methoxy groups -OCH3 is 4. The normalized spacial score (nSPS) is 10.4. The van der Waals surface area contributed by atoms with Crippen molar-refractivity contribution in [2.75, 3.05) is 33.8 Å². The van der Waals surface area contributed by atoms with E-state index in [0.717, 1.165) is 11.1 Å². The lowest BCUT2D eigenvalue weighted by molar-refractivity contribution is -0.115. The molecule has 0 atom stereocenters. The number of benzene rings is 2. The molecule has 0 spiro atoms. The molecular formula is C21H21ClN2O5S. The third-order valence-corrected chi connectivity index (χ3v) is 5.34. The van der Waals surface area contributed by atoms with Gasteiger partial charge < -0.3 is 24.3 Å². The minimum Gasteiger partial charge on any atom is -0.495 e. The average molecular weight is 449 g/mol. The lowest BCUT2D eigenvalue weighted by atomic mass is 10.1. The fourth-order valence-corrected chi connectivity index (χ4v) is 3.87. The van der Waals surface area contributed by atoms with Crippen LogP contribution < -0.4 is 24.3 Å². The molecule has 0 unspecified atom stereocenters. The summed E-state index contributed by atoms with van der Waals surface area (Å²) in [6, 6.07) is 8.90. The van der Waals surface area contributed by atoms with Gasteiger partial charge in [-0.15, -0.1) is 11.3 Å². The Morgan fingerprint density at radius 2 is 1.67 bits per heavy atom. The summed E-state index contributed by atoms with van der Waals surface area (Å²) in [5, 5.41) is 5.66. The molecule has 3 rings (SSSR count). The van der Waals surface area contributed by atoms with E-state index in [1.165, 1.54) is 32.7 Å². The Balaban J connectivity index is 1.72. The molecule has 0 saturated carbocycles. The first-order valence-electron chi connectivity index (χ1n) is 8.87. The van der Waals surface area contributed by atoms with Gasteiger partial charge in [0.15, 0.2) is 16.6 Å². The van der Waals surface area contributed by atoms with E-state index in [1.54, 1.807) is 31.4 Å². The molecule has 0 aliphatic carbocycles. The number of aromatic nitrogens is 1. The summed E-state index contributed by atoms with van der Waals surface area (Å²) >= 11 is 7.52. The molecule has 0 saturated heterocycles. The SMILES string of the molecule is COc1ccc(-c2csc(NC(=O)Cc3cc(OC)c(OC)c(OC)c3)n2)cc1Cl. The van der Waals surface area contributed by atoms with E-state index in [2.05, 4.69) is 10.3 Å². The number of hydrogen-bond donors (Lipinski definition) is 1. The quantitative estimate of drug-likeness (QED) is 0.539. The van der Waals surface area contributed by atoms with Crippen LogP contribution >= 0.6 is 22.9 Å². The number of nitrogens with zero attached hydrogens (tertiary/aromatic N) is 1. The van der Waals surface area contributed by atoms with Crippen LogP contribution in [0.15, 0.2) is 35.7 Å². The second-order valence-corrected chi connectivity index (χ2v) is 7.41. The first-order valence-corrected chi connectivity index (χ1v) is 10.1. The lowest BCUT2D eigenvalue weighted by Gasteiger charge is -2.13. The third-order valence-electron chi connectivity index (χ3n) is 4.29. The predicted molar refractivity (Wildman–Crippen MR) is 118 cm³/mol. The summed E-state index contributed by atoms with van der Waals surface area (Å²) < 4.78 is 21.1. The number of nitrogens with one attached hydrogen (secondary N) is 1. The highest BCUT2D eigenvalue weighted by Crippen LogP contribution is 2.38. The summed E-state index contributed by atoms with van der Waals surface area (Å²) in [5.41, 5.74) is 2.27. The number of halogens is 1. The molecule has 2 aromatic carbocycles. The highest BCUT2D eigenvalue weighted by atomic mass is 35.5. The summed E-state index contributed by atoms with van der Waals surface area (Å²) in [5.74, 6) is 1.85. The van der Waals surface area contributed by atoms with Gasteiger partial charge in [0.25, 0.3) is 0 Å². The number of hydrogen-bond acceptors (Lipinski definition) is 7. The Labute approximate surface area is 183 Å². The van der Waals surface area contributed by atoms with Gasteiger partial charge in [-0.1, -0.05) is 11.6 Å². The second-order valence-electron chi connectivity index (χ2n) is 6.15. The summed E-state index contributed by atoms with van der Waals surface area (Å²) in [6.07, 6.45) is 0.125. The molecule has 0 radical (unpaired) electrons. The van der Waals surface area contributed by atoms with Crippen LogP contribution in [0.5, 0.6) is 23.0 Å². The van der Waals surface area contributed by atoms with Crippen molar-refractivity contribution >= 4 is 34.0 Å². The van der Waals surface area contributed by atoms with Gasteiger partial charge in [-0.3, -0.25) is 4.79 Å². The molecule has 1 aromatic heterocycles. The van der Waals surface area contributed by atoms with E-state index in [0.29, 0.717) is 38.8 Å². The minimum atomic E-state index is -0.210. The summed E-state index contributed by atoms with van der Waals surface area (Å²) in [4.78, 5) is 17.0. The molecule has 1 amide bonds. The van der Waals surface area contributed by atoms with Crippen LogP contribution in [0.4, 0.5) is 5.13 Å². The van der Waals surface area contributed by atoms with E-state index in [-0.39, 0.29) is 12.3 Å². The van der Waals surface area contributed by atoms with Gasteiger partial charge in [0.05, 0.1) is 45.6 Å². The topological polar surface area (TPSA) is 78.9 Å². The molecule has 30 heavy (non-hydrogen) atoms. The molecule has 3 aromatic rings. The van der Waals surface area contributed by atoms with Crippen molar-refractivity contribution in [1.82, 2.24) is 4.98 Å². The zero-order valence-electron chi connectivity index (χ0n) is 16.9. The van der Waals surface area contributed by atoms with Crippen LogP contribution in [-0.2, 0) is 11.2 Å². The second kappa shape index (κ2) is 9.69. The molecular weight excluding hydrogens is 428 g/mol. The van der Waals surface area contributed by atoms with Crippen LogP contribution in [-0.4, -0.2) is 39.3 Å². The Kier molecular flexibility index (Phi) is 7.02. The van der Waals surface area contributed by atoms with Crippen LogP contribution in [0.3, 0.4) is 0 Å². The van der Waals surface area contributed by atoms with Crippen LogP contribution in [0, 0.1) is 0 Å². The fourth-order valence-electron chi connectivity index (χ4n) is 2.88. The van der Waals surface area contributed by atoms with Crippen molar-refractivity contribution < 1.29 is 23.7 Å². The Hall–Kier alpha value is -2.97.